The first-order valence-corrected chi connectivity index (χ1v) is 7.67. The van der Waals surface area contributed by atoms with E-state index in [-0.39, 0.29) is 11.8 Å². The zero-order chi connectivity index (χ0) is 17.6. The van der Waals surface area contributed by atoms with Crippen molar-refractivity contribution in [3.05, 3.63) is 60.4 Å². The highest BCUT2D eigenvalue weighted by Crippen LogP contribution is 2.34. The number of hydrogen-bond acceptors (Lipinski definition) is 6. The van der Waals surface area contributed by atoms with Crippen molar-refractivity contribution in [2.24, 2.45) is 16.5 Å². The van der Waals surface area contributed by atoms with Crippen LogP contribution in [0.5, 0.6) is 0 Å². The van der Waals surface area contributed by atoms with Crippen molar-refractivity contribution in [1.29, 1.82) is 0 Å². The molecule has 126 valence electrons. The van der Waals surface area contributed by atoms with E-state index in [0.717, 1.165) is 5.56 Å². The number of aliphatic imine (C=N–C) groups is 1. The average molecular weight is 337 g/mol. The van der Waals surface area contributed by atoms with Gasteiger partial charge in [0.25, 0.3) is 0 Å². The summed E-state index contributed by atoms with van der Waals surface area (Å²) < 4.78 is 16.3. The molecule has 4 N–H and O–H groups in total. The number of nitrogens with two attached hydrogens (primary N) is 2. The molecule has 0 aliphatic carbocycles. The number of imidazole rings is 1. The largest absolute Gasteiger partial charge is 0.369 e. The normalized spacial score (nSPS) is 16.5. The Labute approximate surface area is 143 Å². The Morgan fingerprint density at radius 2 is 2.04 bits per heavy atom. The van der Waals surface area contributed by atoms with E-state index in [0.29, 0.717) is 22.8 Å². The van der Waals surface area contributed by atoms with Crippen LogP contribution in [0.4, 0.5) is 10.2 Å². The molecule has 8 heteroatoms. The lowest BCUT2D eigenvalue weighted by atomic mass is 10.1. The molecule has 1 unspecified atom stereocenters. The number of rotatable bonds is 2. The topological polar surface area (TPSA) is 98.3 Å². The number of aromatic nitrogens is 3. The summed E-state index contributed by atoms with van der Waals surface area (Å²) >= 11 is 0. The first-order valence-electron chi connectivity index (χ1n) is 7.67. The van der Waals surface area contributed by atoms with Crippen LogP contribution in [0.3, 0.4) is 0 Å². The summed E-state index contributed by atoms with van der Waals surface area (Å²) in [7, 11) is 1.76. The Morgan fingerprint density at radius 3 is 2.80 bits per heavy atom. The summed E-state index contributed by atoms with van der Waals surface area (Å²) in [5.41, 5.74) is 14.2. The molecule has 25 heavy (non-hydrogen) atoms. The van der Waals surface area contributed by atoms with Crippen LogP contribution in [0.1, 0.15) is 11.7 Å². The Balaban J connectivity index is 1.90. The molecule has 7 nitrogen and oxygen atoms in total. The van der Waals surface area contributed by atoms with Crippen LogP contribution in [-0.4, -0.2) is 32.4 Å². The van der Waals surface area contributed by atoms with Crippen molar-refractivity contribution < 1.29 is 4.39 Å². The summed E-state index contributed by atoms with van der Waals surface area (Å²) in [6.07, 6.45) is 4.55. The highest BCUT2D eigenvalue weighted by atomic mass is 19.1. The number of fused-ring (bicyclic) bond motifs is 1. The third kappa shape index (κ3) is 2.43. The van der Waals surface area contributed by atoms with E-state index in [1.165, 1.54) is 6.07 Å². The third-order valence-electron chi connectivity index (χ3n) is 4.25. The molecule has 2 aromatic heterocycles. The Hall–Kier alpha value is -3.26. The van der Waals surface area contributed by atoms with Gasteiger partial charge in [-0.15, -0.1) is 0 Å². The predicted molar refractivity (Wildman–Crippen MR) is 92.7 cm³/mol. The third-order valence-corrected chi connectivity index (χ3v) is 4.25. The van der Waals surface area contributed by atoms with Crippen molar-refractivity contribution in [2.45, 2.75) is 6.17 Å². The SMILES string of the molecule is CN1C(N)=Nc2nc(-c3c(F)cccc3-n3ccnc3)ccc2C1N. The molecule has 0 saturated carbocycles. The monoisotopic (exact) mass is 337 g/mol. The van der Waals surface area contributed by atoms with Gasteiger partial charge >= 0.3 is 0 Å². The standard InChI is InChI=1S/C17H16FN7/c1-24-15(19)10-5-6-12(22-16(10)23-17(24)20)14-11(18)3-2-4-13(14)25-8-7-21-9-25/h2-9,15H,19H2,1H3,(H2,20,22,23). The van der Waals surface area contributed by atoms with Gasteiger partial charge in [-0.3, -0.25) is 0 Å². The molecule has 0 bridgehead atoms. The van der Waals surface area contributed by atoms with Gasteiger partial charge in [0.1, 0.15) is 12.0 Å². The minimum absolute atomic E-state index is 0.271. The zero-order valence-electron chi connectivity index (χ0n) is 13.5. The van der Waals surface area contributed by atoms with Gasteiger partial charge in [0, 0.05) is 25.0 Å². The van der Waals surface area contributed by atoms with Crippen LogP contribution in [-0.2, 0) is 0 Å². The van der Waals surface area contributed by atoms with Crippen molar-refractivity contribution in [1.82, 2.24) is 19.4 Å². The van der Waals surface area contributed by atoms with Crippen LogP contribution >= 0.6 is 0 Å². The van der Waals surface area contributed by atoms with Gasteiger partial charge < -0.3 is 20.9 Å². The van der Waals surface area contributed by atoms with Gasteiger partial charge in [-0.2, -0.15) is 4.99 Å². The van der Waals surface area contributed by atoms with E-state index in [1.807, 2.05) is 0 Å². The lowest BCUT2D eigenvalue weighted by Crippen LogP contribution is -2.43. The lowest BCUT2D eigenvalue weighted by molar-refractivity contribution is 0.374. The zero-order valence-corrected chi connectivity index (χ0v) is 13.5. The number of halogens is 1. The van der Waals surface area contributed by atoms with Crippen LogP contribution < -0.4 is 11.5 Å². The van der Waals surface area contributed by atoms with Crippen LogP contribution in [0.25, 0.3) is 16.9 Å². The fourth-order valence-corrected chi connectivity index (χ4v) is 2.84. The van der Waals surface area contributed by atoms with E-state index < -0.39 is 6.17 Å². The van der Waals surface area contributed by atoms with Crippen molar-refractivity contribution in [3.63, 3.8) is 0 Å². The van der Waals surface area contributed by atoms with Gasteiger partial charge in [0.05, 0.1) is 23.3 Å². The van der Waals surface area contributed by atoms with Gasteiger partial charge in [0.15, 0.2) is 11.8 Å². The summed E-state index contributed by atoms with van der Waals surface area (Å²) in [5.74, 6) is 0.293. The Bertz CT molecular complexity index is 965. The maximum absolute atomic E-state index is 14.6. The fraction of sp³-hybridized carbons (Fsp3) is 0.118. The van der Waals surface area contributed by atoms with Gasteiger partial charge in [-0.05, 0) is 24.3 Å². The molecule has 0 saturated heterocycles. The molecule has 0 amide bonds. The second kappa shape index (κ2) is 5.67. The van der Waals surface area contributed by atoms with Crippen molar-refractivity contribution >= 4 is 11.8 Å². The average Bonchev–Trinajstić information content (AvgIpc) is 3.13. The summed E-state index contributed by atoms with van der Waals surface area (Å²) in [6.45, 7) is 0. The van der Waals surface area contributed by atoms with E-state index in [9.17, 15) is 4.39 Å². The molecule has 1 atom stereocenters. The smallest absolute Gasteiger partial charge is 0.199 e. The molecule has 1 aliphatic heterocycles. The maximum atomic E-state index is 14.6. The quantitative estimate of drug-likeness (QED) is 0.744. The molecule has 4 rings (SSSR count). The molecule has 1 aromatic carbocycles. The van der Waals surface area contributed by atoms with Crippen molar-refractivity contribution in [3.8, 4) is 16.9 Å². The molecule has 0 radical (unpaired) electrons. The molecule has 3 heterocycles. The Morgan fingerprint density at radius 1 is 1.20 bits per heavy atom. The number of hydrogen-bond donors (Lipinski definition) is 2. The van der Waals surface area contributed by atoms with Crippen LogP contribution in [0, 0.1) is 5.82 Å². The highest BCUT2D eigenvalue weighted by Gasteiger charge is 2.25. The summed E-state index contributed by atoms with van der Waals surface area (Å²) in [6, 6.07) is 8.39. The summed E-state index contributed by atoms with van der Waals surface area (Å²) in [4.78, 5) is 14.5. The van der Waals surface area contributed by atoms with E-state index in [1.54, 1.807) is 59.5 Å². The minimum atomic E-state index is -0.442. The lowest BCUT2D eigenvalue weighted by Gasteiger charge is -2.30. The molecule has 1 aliphatic rings. The second-order valence-electron chi connectivity index (χ2n) is 5.74. The number of nitrogens with zero attached hydrogens (tertiary/aromatic N) is 5. The maximum Gasteiger partial charge on any atom is 0.199 e. The van der Waals surface area contributed by atoms with E-state index in [4.69, 9.17) is 11.5 Å². The van der Waals surface area contributed by atoms with E-state index >= 15 is 0 Å². The molecule has 0 fully saturated rings. The first kappa shape index (κ1) is 15.3. The fourth-order valence-electron chi connectivity index (χ4n) is 2.84. The number of guanidine groups is 1. The van der Waals surface area contributed by atoms with Gasteiger partial charge in [-0.25, -0.2) is 14.4 Å². The number of benzene rings is 1. The van der Waals surface area contributed by atoms with Gasteiger partial charge in [-0.1, -0.05) is 6.07 Å². The van der Waals surface area contributed by atoms with Crippen LogP contribution in [0.2, 0.25) is 0 Å². The first-order chi connectivity index (χ1) is 12.1. The molecular weight excluding hydrogens is 321 g/mol. The van der Waals surface area contributed by atoms with E-state index in [2.05, 4.69) is 15.0 Å². The second-order valence-corrected chi connectivity index (χ2v) is 5.74. The van der Waals surface area contributed by atoms with Crippen molar-refractivity contribution in [2.75, 3.05) is 7.05 Å². The summed E-state index contributed by atoms with van der Waals surface area (Å²) in [5, 5.41) is 0. The van der Waals surface area contributed by atoms with Crippen LogP contribution in [0.15, 0.2) is 54.0 Å². The molecular formula is C17H16FN7. The molecule has 0 spiro atoms. The predicted octanol–water partition coefficient (Wildman–Crippen LogP) is 1.92. The highest BCUT2D eigenvalue weighted by molar-refractivity contribution is 5.84. The minimum Gasteiger partial charge on any atom is -0.369 e. The number of pyridine rings is 1. The Kier molecular flexibility index (Phi) is 3.47. The van der Waals surface area contributed by atoms with Gasteiger partial charge in [0.2, 0.25) is 0 Å². The molecule has 3 aromatic rings.